The minimum Gasteiger partial charge on any atom is -0.387 e. The summed E-state index contributed by atoms with van der Waals surface area (Å²) in [6.45, 7) is 9.99. The third-order valence-corrected chi connectivity index (χ3v) is 4.72. The molecule has 24 heavy (non-hydrogen) atoms. The van der Waals surface area contributed by atoms with Gasteiger partial charge >= 0.3 is 0 Å². The maximum atomic E-state index is 10.6. The third kappa shape index (κ3) is 4.23. The average Bonchev–Trinajstić information content (AvgIpc) is 2.95. The van der Waals surface area contributed by atoms with Gasteiger partial charge in [0.25, 0.3) is 0 Å². The van der Waals surface area contributed by atoms with E-state index in [2.05, 4.69) is 36.0 Å². The molecule has 1 aliphatic heterocycles. The van der Waals surface area contributed by atoms with Crippen LogP contribution in [-0.4, -0.2) is 52.1 Å². The quantitative estimate of drug-likeness (QED) is 0.914. The van der Waals surface area contributed by atoms with Gasteiger partial charge in [0.2, 0.25) is 0 Å². The smallest absolute Gasteiger partial charge is 0.0917 e. The van der Waals surface area contributed by atoms with Crippen LogP contribution in [0, 0.1) is 20.8 Å². The van der Waals surface area contributed by atoms with E-state index in [4.69, 9.17) is 4.74 Å². The summed E-state index contributed by atoms with van der Waals surface area (Å²) >= 11 is 0. The van der Waals surface area contributed by atoms with Gasteiger partial charge in [-0.05, 0) is 43.0 Å². The van der Waals surface area contributed by atoms with E-state index in [0.29, 0.717) is 13.2 Å². The van der Waals surface area contributed by atoms with E-state index in [1.807, 2.05) is 30.1 Å². The van der Waals surface area contributed by atoms with Gasteiger partial charge in [-0.15, -0.1) is 0 Å². The zero-order valence-corrected chi connectivity index (χ0v) is 14.8. The van der Waals surface area contributed by atoms with Gasteiger partial charge in [0.05, 0.1) is 31.6 Å². The van der Waals surface area contributed by atoms with Crippen LogP contribution in [0.1, 0.15) is 28.4 Å². The van der Waals surface area contributed by atoms with Crippen LogP contribution >= 0.6 is 0 Å². The van der Waals surface area contributed by atoms with Crippen LogP contribution < -0.4 is 0 Å². The molecule has 5 nitrogen and oxygen atoms in total. The molecular weight excluding hydrogens is 302 g/mol. The molecule has 1 saturated heterocycles. The second-order valence-corrected chi connectivity index (χ2v) is 6.85. The molecule has 1 N–H and O–H groups in total. The first-order chi connectivity index (χ1) is 11.5. The highest BCUT2D eigenvalue weighted by Gasteiger charge is 2.23. The Hall–Kier alpha value is -1.69. The number of hydrogen-bond donors (Lipinski definition) is 1. The first-order valence-corrected chi connectivity index (χ1v) is 8.59. The number of ether oxygens (including phenoxy) is 1. The second kappa shape index (κ2) is 7.47. The topological polar surface area (TPSA) is 50.5 Å². The average molecular weight is 329 g/mol. The number of β-amino-alcohol motifs (C(OH)–C–C–N with tert-alkyl or cyclic N) is 1. The number of nitrogens with zero attached hydrogens (tertiary/aromatic N) is 3. The van der Waals surface area contributed by atoms with E-state index < -0.39 is 6.10 Å². The van der Waals surface area contributed by atoms with E-state index in [1.165, 1.54) is 11.1 Å². The maximum Gasteiger partial charge on any atom is 0.0917 e. The van der Waals surface area contributed by atoms with Crippen molar-refractivity contribution >= 4 is 0 Å². The molecule has 130 valence electrons. The minimum absolute atomic E-state index is 0.116. The molecule has 0 bridgehead atoms. The summed E-state index contributed by atoms with van der Waals surface area (Å²) in [5.74, 6) is 0. The van der Waals surface area contributed by atoms with Crippen LogP contribution in [0.15, 0.2) is 30.6 Å². The number of hydrogen-bond acceptors (Lipinski definition) is 4. The van der Waals surface area contributed by atoms with Crippen molar-refractivity contribution < 1.29 is 9.84 Å². The predicted molar refractivity (Wildman–Crippen MR) is 94.0 cm³/mol. The molecule has 1 fully saturated rings. The highest BCUT2D eigenvalue weighted by Crippen LogP contribution is 2.19. The van der Waals surface area contributed by atoms with E-state index in [-0.39, 0.29) is 6.10 Å². The molecule has 2 atom stereocenters. The van der Waals surface area contributed by atoms with Crippen molar-refractivity contribution in [3.8, 4) is 0 Å². The highest BCUT2D eigenvalue weighted by molar-refractivity contribution is 5.31. The Morgan fingerprint density at radius 2 is 2.12 bits per heavy atom. The van der Waals surface area contributed by atoms with Crippen LogP contribution in [0.2, 0.25) is 0 Å². The number of morpholine rings is 1. The molecule has 0 radical (unpaired) electrons. The molecule has 2 heterocycles. The van der Waals surface area contributed by atoms with Crippen molar-refractivity contribution in [2.45, 2.75) is 39.5 Å². The predicted octanol–water partition coefficient (Wildman–Crippen LogP) is 2.24. The molecule has 5 heteroatoms. The molecule has 2 aromatic rings. The van der Waals surface area contributed by atoms with E-state index >= 15 is 0 Å². The Morgan fingerprint density at radius 3 is 2.83 bits per heavy atom. The van der Waals surface area contributed by atoms with Crippen molar-refractivity contribution in [2.75, 3.05) is 26.2 Å². The number of rotatable bonds is 5. The number of aliphatic hydroxyl groups is 1. The number of benzene rings is 1. The van der Waals surface area contributed by atoms with Crippen molar-refractivity contribution in [2.24, 2.45) is 0 Å². The lowest BCUT2D eigenvalue weighted by Crippen LogP contribution is -2.45. The molecular formula is C19H27N3O2. The zero-order chi connectivity index (χ0) is 17.1. The van der Waals surface area contributed by atoms with Crippen LogP contribution in [0.5, 0.6) is 0 Å². The molecule has 0 unspecified atom stereocenters. The van der Waals surface area contributed by atoms with Gasteiger partial charge in [-0.25, -0.2) is 0 Å². The molecule has 0 amide bonds. The van der Waals surface area contributed by atoms with Gasteiger partial charge in [-0.2, -0.15) is 5.10 Å². The van der Waals surface area contributed by atoms with E-state index in [9.17, 15) is 5.11 Å². The lowest BCUT2D eigenvalue weighted by atomic mass is 10.0. The Bertz CT molecular complexity index is 683. The first-order valence-electron chi connectivity index (χ1n) is 8.59. The molecule has 0 aliphatic carbocycles. The summed E-state index contributed by atoms with van der Waals surface area (Å²) in [6.07, 6.45) is 3.55. The Morgan fingerprint density at radius 1 is 1.29 bits per heavy atom. The third-order valence-electron chi connectivity index (χ3n) is 4.72. The number of aliphatic hydroxyl groups excluding tert-OH is 1. The van der Waals surface area contributed by atoms with Crippen molar-refractivity contribution in [3.63, 3.8) is 0 Å². The SMILES string of the molecule is Cc1cnn(C[C@@H]2CN(C[C@@H](O)c3ccc(C)c(C)c3)CCO2)c1. The minimum atomic E-state index is -0.463. The lowest BCUT2D eigenvalue weighted by Gasteiger charge is -2.34. The van der Waals surface area contributed by atoms with E-state index in [1.54, 1.807) is 0 Å². The summed E-state index contributed by atoms with van der Waals surface area (Å²) in [7, 11) is 0. The maximum absolute atomic E-state index is 10.6. The molecule has 1 aromatic carbocycles. The molecule has 0 spiro atoms. The second-order valence-electron chi connectivity index (χ2n) is 6.85. The van der Waals surface area contributed by atoms with Gasteiger partial charge in [0, 0.05) is 25.8 Å². The summed E-state index contributed by atoms with van der Waals surface area (Å²) < 4.78 is 7.79. The van der Waals surface area contributed by atoms with Gasteiger partial charge in [0.15, 0.2) is 0 Å². The van der Waals surface area contributed by atoms with Crippen molar-refractivity contribution in [3.05, 3.63) is 52.8 Å². The lowest BCUT2D eigenvalue weighted by molar-refractivity contribution is -0.0486. The van der Waals surface area contributed by atoms with Crippen molar-refractivity contribution in [1.29, 1.82) is 0 Å². The van der Waals surface area contributed by atoms with Gasteiger partial charge < -0.3 is 9.84 Å². The fourth-order valence-electron chi connectivity index (χ4n) is 3.15. The standard InChI is InChI=1S/C19H27N3O2/c1-14-9-20-22(10-14)12-18-11-21(6-7-24-18)13-19(23)17-5-4-15(2)16(3)8-17/h4-5,8-10,18-19,23H,6-7,11-13H2,1-3H3/t18-,19+/m0/s1. The van der Waals surface area contributed by atoms with Crippen molar-refractivity contribution in [1.82, 2.24) is 14.7 Å². The largest absolute Gasteiger partial charge is 0.387 e. The summed E-state index contributed by atoms with van der Waals surface area (Å²) in [5, 5.41) is 14.9. The zero-order valence-electron chi connectivity index (χ0n) is 14.8. The monoisotopic (exact) mass is 329 g/mol. The summed E-state index contributed by atoms with van der Waals surface area (Å²) in [4.78, 5) is 2.28. The Balaban J connectivity index is 1.57. The molecule has 1 aromatic heterocycles. The number of aryl methyl sites for hydroxylation is 3. The fourth-order valence-corrected chi connectivity index (χ4v) is 3.15. The normalized spacial score (nSPS) is 20.2. The Labute approximate surface area is 143 Å². The fraction of sp³-hybridized carbons (Fsp3) is 0.526. The summed E-state index contributed by atoms with van der Waals surface area (Å²) in [6, 6.07) is 6.19. The van der Waals surface area contributed by atoms with Crippen LogP contribution in [0.4, 0.5) is 0 Å². The molecule has 1 aliphatic rings. The highest BCUT2D eigenvalue weighted by atomic mass is 16.5. The van der Waals surface area contributed by atoms with Crippen LogP contribution in [-0.2, 0) is 11.3 Å². The van der Waals surface area contributed by atoms with E-state index in [0.717, 1.165) is 30.8 Å². The van der Waals surface area contributed by atoms with Gasteiger partial charge in [-0.1, -0.05) is 18.2 Å². The summed E-state index contributed by atoms with van der Waals surface area (Å²) in [5.41, 5.74) is 4.63. The molecule has 3 rings (SSSR count). The van der Waals surface area contributed by atoms with Gasteiger partial charge in [-0.3, -0.25) is 9.58 Å². The number of aromatic nitrogens is 2. The Kier molecular flexibility index (Phi) is 5.33. The van der Waals surface area contributed by atoms with Crippen LogP contribution in [0.3, 0.4) is 0 Å². The molecule has 0 saturated carbocycles. The van der Waals surface area contributed by atoms with Crippen LogP contribution in [0.25, 0.3) is 0 Å². The van der Waals surface area contributed by atoms with Gasteiger partial charge in [0.1, 0.15) is 0 Å². The first kappa shape index (κ1) is 17.1.